The molecule has 1 aliphatic heterocycles. The van der Waals surface area contributed by atoms with Crippen LogP contribution in [0.3, 0.4) is 0 Å². The first-order chi connectivity index (χ1) is 9.12. The van der Waals surface area contributed by atoms with Gasteiger partial charge in [-0.05, 0) is 31.0 Å². The molecule has 0 aliphatic carbocycles. The molecule has 20 heavy (non-hydrogen) atoms. The Morgan fingerprint density at radius 3 is 2.50 bits per heavy atom. The van der Waals surface area contributed by atoms with Crippen LogP contribution >= 0.6 is 0 Å². The average molecular weight is 308 g/mol. The molecule has 0 saturated carbocycles. The number of nitrogens with two attached hydrogens (primary N) is 1. The van der Waals surface area contributed by atoms with Crippen molar-refractivity contribution >= 4 is 10.0 Å². The molecule has 0 amide bonds. The van der Waals surface area contributed by atoms with Crippen molar-refractivity contribution in [3.8, 4) is 0 Å². The first-order valence-corrected chi connectivity index (χ1v) is 7.50. The van der Waals surface area contributed by atoms with Gasteiger partial charge in [0.05, 0.1) is 10.5 Å². The minimum absolute atomic E-state index is 0.00502. The zero-order valence-corrected chi connectivity index (χ0v) is 11.6. The lowest BCUT2D eigenvalue weighted by Gasteiger charge is -2.18. The number of aryl methyl sites for hydroxylation is 1. The third-order valence-electron chi connectivity index (χ3n) is 3.34. The number of hydrogen-bond donors (Lipinski definition) is 1. The zero-order chi connectivity index (χ0) is 15.1. The highest BCUT2D eigenvalue weighted by atomic mass is 32.2. The molecule has 4 nitrogen and oxygen atoms in total. The first kappa shape index (κ1) is 15.3. The Morgan fingerprint density at radius 2 is 2.00 bits per heavy atom. The number of nitrogens with zero attached hydrogens (tertiary/aromatic N) is 1. The Balaban J connectivity index is 2.43. The topological polar surface area (TPSA) is 63.4 Å². The molecule has 1 aromatic carbocycles. The Morgan fingerprint density at radius 1 is 1.35 bits per heavy atom. The van der Waals surface area contributed by atoms with Crippen molar-refractivity contribution in [1.29, 1.82) is 0 Å². The van der Waals surface area contributed by atoms with Crippen molar-refractivity contribution < 1.29 is 21.6 Å². The smallest absolute Gasteiger partial charge is 0.326 e. The van der Waals surface area contributed by atoms with Gasteiger partial charge in [-0.1, -0.05) is 6.07 Å². The van der Waals surface area contributed by atoms with Crippen molar-refractivity contribution in [2.24, 2.45) is 5.73 Å². The highest BCUT2D eigenvalue weighted by Gasteiger charge is 2.36. The molecule has 1 saturated heterocycles. The summed E-state index contributed by atoms with van der Waals surface area (Å²) in [5.74, 6) is 0. The molecule has 1 aromatic rings. The van der Waals surface area contributed by atoms with Crippen LogP contribution < -0.4 is 5.73 Å². The average Bonchev–Trinajstić information content (AvgIpc) is 2.75. The fourth-order valence-electron chi connectivity index (χ4n) is 2.19. The summed E-state index contributed by atoms with van der Waals surface area (Å²) in [6.45, 7) is 1.67. The molecule has 8 heteroatoms. The van der Waals surface area contributed by atoms with E-state index >= 15 is 0 Å². The second-order valence-corrected chi connectivity index (χ2v) is 6.82. The SMILES string of the molecule is Cc1ccc(S(=O)(=O)N2CC[C@@H](N)C2)cc1C(F)(F)F. The summed E-state index contributed by atoms with van der Waals surface area (Å²) in [7, 11) is -3.92. The van der Waals surface area contributed by atoms with Crippen LogP contribution in [-0.2, 0) is 16.2 Å². The van der Waals surface area contributed by atoms with Gasteiger partial charge in [0.2, 0.25) is 10.0 Å². The van der Waals surface area contributed by atoms with Gasteiger partial charge in [-0.2, -0.15) is 17.5 Å². The van der Waals surface area contributed by atoms with Crippen molar-refractivity contribution in [2.45, 2.75) is 30.5 Å². The minimum atomic E-state index is -4.57. The van der Waals surface area contributed by atoms with E-state index < -0.39 is 21.8 Å². The van der Waals surface area contributed by atoms with E-state index in [9.17, 15) is 21.6 Å². The molecule has 1 heterocycles. The van der Waals surface area contributed by atoms with Crippen LogP contribution in [0.25, 0.3) is 0 Å². The maximum absolute atomic E-state index is 12.8. The summed E-state index contributed by atoms with van der Waals surface area (Å²) >= 11 is 0. The Hall–Kier alpha value is -1.12. The zero-order valence-electron chi connectivity index (χ0n) is 10.8. The van der Waals surface area contributed by atoms with Crippen LogP contribution in [-0.4, -0.2) is 31.9 Å². The summed E-state index contributed by atoms with van der Waals surface area (Å²) < 4.78 is 64.2. The highest BCUT2D eigenvalue weighted by Crippen LogP contribution is 2.34. The molecule has 1 aliphatic rings. The Bertz CT molecular complexity index is 614. The molecule has 2 N–H and O–H groups in total. The van der Waals surface area contributed by atoms with Gasteiger partial charge >= 0.3 is 6.18 Å². The predicted octanol–water partition coefficient (Wildman–Crippen LogP) is 1.74. The Labute approximate surface area is 115 Å². The largest absolute Gasteiger partial charge is 0.416 e. The van der Waals surface area contributed by atoms with Crippen LogP contribution in [0.2, 0.25) is 0 Å². The van der Waals surface area contributed by atoms with Crippen LogP contribution in [0.15, 0.2) is 23.1 Å². The summed E-state index contributed by atoms with van der Waals surface area (Å²) in [5.41, 5.74) is 4.70. The number of benzene rings is 1. The van der Waals surface area contributed by atoms with Crippen molar-refractivity contribution in [3.05, 3.63) is 29.3 Å². The lowest BCUT2D eigenvalue weighted by atomic mass is 10.1. The molecule has 0 aromatic heterocycles. The second kappa shape index (κ2) is 5.01. The fraction of sp³-hybridized carbons (Fsp3) is 0.500. The van der Waals surface area contributed by atoms with Crippen molar-refractivity contribution in [1.82, 2.24) is 4.31 Å². The monoisotopic (exact) mass is 308 g/mol. The number of hydrogen-bond acceptors (Lipinski definition) is 3. The number of halogens is 3. The van der Waals surface area contributed by atoms with Gasteiger partial charge in [0.15, 0.2) is 0 Å². The molecule has 0 unspecified atom stereocenters. The normalized spacial score (nSPS) is 21.4. The number of sulfonamides is 1. The van der Waals surface area contributed by atoms with E-state index in [-0.39, 0.29) is 29.6 Å². The quantitative estimate of drug-likeness (QED) is 0.905. The molecule has 112 valence electrons. The molecule has 0 bridgehead atoms. The van der Waals surface area contributed by atoms with Crippen molar-refractivity contribution in [2.75, 3.05) is 13.1 Å². The summed E-state index contributed by atoms with van der Waals surface area (Å²) in [4.78, 5) is -0.343. The third-order valence-corrected chi connectivity index (χ3v) is 5.20. The lowest BCUT2D eigenvalue weighted by Crippen LogP contribution is -2.32. The minimum Gasteiger partial charge on any atom is -0.326 e. The van der Waals surface area contributed by atoms with Gasteiger partial charge in [-0.3, -0.25) is 0 Å². The van der Waals surface area contributed by atoms with Gasteiger partial charge in [0.25, 0.3) is 0 Å². The van der Waals surface area contributed by atoms with E-state index in [0.717, 1.165) is 4.31 Å². The van der Waals surface area contributed by atoms with E-state index in [1.54, 1.807) is 0 Å². The standard InChI is InChI=1S/C12H15F3N2O2S/c1-8-2-3-10(6-11(8)12(13,14)15)20(18,19)17-5-4-9(16)7-17/h2-3,6,9H,4-5,7,16H2,1H3/t9-/m1/s1. The van der Waals surface area contributed by atoms with E-state index in [1.807, 2.05) is 0 Å². The highest BCUT2D eigenvalue weighted by molar-refractivity contribution is 7.89. The van der Waals surface area contributed by atoms with E-state index in [0.29, 0.717) is 12.5 Å². The van der Waals surface area contributed by atoms with E-state index in [1.165, 1.54) is 19.1 Å². The van der Waals surface area contributed by atoms with Crippen LogP contribution in [0, 0.1) is 6.92 Å². The summed E-state index contributed by atoms with van der Waals surface area (Å²) in [6, 6.07) is 2.79. The molecular weight excluding hydrogens is 293 g/mol. The van der Waals surface area contributed by atoms with Crippen LogP contribution in [0.5, 0.6) is 0 Å². The van der Waals surface area contributed by atoms with Gasteiger partial charge in [0, 0.05) is 19.1 Å². The molecule has 1 atom stereocenters. The maximum atomic E-state index is 12.8. The van der Waals surface area contributed by atoms with Gasteiger partial charge < -0.3 is 5.73 Å². The molecule has 2 rings (SSSR count). The predicted molar refractivity (Wildman–Crippen MR) is 67.5 cm³/mol. The van der Waals surface area contributed by atoms with Gasteiger partial charge in [-0.15, -0.1) is 0 Å². The van der Waals surface area contributed by atoms with Crippen molar-refractivity contribution in [3.63, 3.8) is 0 Å². The van der Waals surface area contributed by atoms with Crippen LogP contribution in [0.1, 0.15) is 17.5 Å². The third kappa shape index (κ3) is 2.82. The molecule has 0 radical (unpaired) electrons. The molecular formula is C12H15F3N2O2S. The number of rotatable bonds is 2. The molecule has 0 spiro atoms. The molecule has 1 fully saturated rings. The van der Waals surface area contributed by atoms with Gasteiger partial charge in [-0.25, -0.2) is 8.42 Å². The second-order valence-electron chi connectivity index (χ2n) is 4.89. The maximum Gasteiger partial charge on any atom is 0.416 e. The van der Waals surface area contributed by atoms with E-state index in [2.05, 4.69) is 0 Å². The lowest BCUT2D eigenvalue weighted by molar-refractivity contribution is -0.138. The van der Waals surface area contributed by atoms with Gasteiger partial charge in [0.1, 0.15) is 0 Å². The summed E-state index contributed by atoms with van der Waals surface area (Å²) in [5, 5.41) is 0. The van der Waals surface area contributed by atoms with Crippen LogP contribution in [0.4, 0.5) is 13.2 Å². The Kier molecular flexibility index (Phi) is 3.83. The summed E-state index contributed by atoms with van der Waals surface area (Å²) in [6.07, 6.45) is -4.06. The van der Waals surface area contributed by atoms with E-state index in [4.69, 9.17) is 5.73 Å². The fourth-order valence-corrected chi connectivity index (χ4v) is 3.73. The first-order valence-electron chi connectivity index (χ1n) is 6.06. The number of alkyl halides is 3.